The second-order valence-electron chi connectivity index (χ2n) is 4.47. The van der Waals surface area contributed by atoms with Gasteiger partial charge in [0.2, 0.25) is 0 Å². The zero-order chi connectivity index (χ0) is 13.0. The summed E-state index contributed by atoms with van der Waals surface area (Å²) < 4.78 is 5.63. The van der Waals surface area contributed by atoms with E-state index in [1.165, 1.54) is 11.3 Å². The molecule has 1 saturated heterocycles. The lowest BCUT2D eigenvalue weighted by atomic mass is 10.2. The van der Waals surface area contributed by atoms with Crippen molar-refractivity contribution >= 4 is 17.3 Å². The Labute approximate surface area is 110 Å². The number of hydrogen-bond donors (Lipinski definition) is 2. The lowest BCUT2D eigenvalue weighted by Gasteiger charge is -2.30. The lowest BCUT2D eigenvalue weighted by Crippen LogP contribution is -2.44. The van der Waals surface area contributed by atoms with E-state index in [4.69, 9.17) is 9.84 Å². The highest BCUT2D eigenvalue weighted by Crippen LogP contribution is 2.16. The van der Waals surface area contributed by atoms with Crippen LogP contribution >= 0.6 is 11.3 Å². The monoisotopic (exact) mass is 270 g/mol. The number of nitrogens with one attached hydrogen (secondary N) is 1. The van der Waals surface area contributed by atoms with Crippen molar-refractivity contribution in [2.45, 2.75) is 12.6 Å². The molecule has 0 radical (unpaired) electrons. The van der Waals surface area contributed by atoms with Crippen LogP contribution in [0.3, 0.4) is 0 Å². The standard InChI is InChI=1S/C12H18N2O3S/c1-14-3-4-17-10(8-14)7-13-6-9-2-5-18-11(9)12(15)16/h2,5,10,13H,3-4,6-8H2,1H3,(H,15,16). The number of morpholine rings is 1. The molecule has 100 valence electrons. The van der Waals surface area contributed by atoms with Gasteiger partial charge >= 0.3 is 5.97 Å². The number of aromatic carboxylic acids is 1. The zero-order valence-corrected chi connectivity index (χ0v) is 11.2. The summed E-state index contributed by atoms with van der Waals surface area (Å²) >= 11 is 1.27. The van der Waals surface area contributed by atoms with Gasteiger partial charge in [0, 0.05) is 26.2 Å². The molecular weight excluding hydrogens is 252 g/mol. The van der Waals surface area contributed by atoms with Gasteiger partial charge in [0.1, 0.15) is 4.88 Å². The Hall–Kier alpha value is -0.950. The Kier molecular flexibility index (Phi) is 4.71. The van der Waals surface area contributed by atoms with E-state index in [0.29, 0.717) is 11.4 Å². The molecule has 1 aromatic heterocycles. The van der Waals surface area contributed by atoms with E-state index in [-0.39, 0.29) is 6.10 Å². The highest BCUT2D eigenvalue weighted by Gasteiger charge is 2.17. The Morgan fingerprint density at radius 1 is 1.72 bits per heavy atom. The van der Waals surface area contributed by atoms with Gasteiger partial charge in [-0.05, 0) is 24.1 Å². The minimum atomic E-state index is -0.851. The van der Waals surface area contributed by atoms with Gasteiger partial charge in [-0.1, -0.05) is 0 Å². The van der Waals surface area contributed by atoms with Crippen LogP contribution in [0.2, 0.25) is 0 Å². The molecule has 5 nitrogen and oxygen atoms in total. The molecule has 2 N–H and O–H groups in total. The third-order valence-corrected chi connectivity index (χ3v) is 3.92. The van der Waals surface area contributed by atoms with Crippen molar-refractivity contribution in [3.05, 3.63) is 21.9 Å². The fourth-order valence-electron chi connectivity index (χ4n) is 2.02. The summed E-state index contributed by atoms with van der Waals surface area (Å²) in [6.45, 7) is 3.99. The van der Waals surface area contributed by atoms with E-state index in [1.807, 2.05) is 11.4 Å². The van der Waals surface area contributed by atoms with Crippen molar-refractivity contribution in [3.63, 3.8) is 0 Å². The van der Waals surface area contributed by atoms with Gasteiger partial charge in [-0.25, -0.2) is 4.79 Å². The summed E-state index contributed by atoms with van der Waals surface area (Å²) in [4.78, 5) is 13.6. The second-order valence-corrected chi connectivity index (χ2v) is 5.38. The summed E-state index contributed by atoms with van der Waals surface area (Å²) in [5, 5.41) is 14.1. The predicted octanol–water partition coefficient (Wildman–Crippen LogP) is 0.866. The SMILES string of the molecule is CN1CCOC(CNCc2ccsc2C(=O)O)C1. The molecule has 0 spiro atoms. The van der Waals surface area contributed by atoms with Gasteiger partial charge in [0.15, 0.2) is 0 Å². The van der Waals surface area contributed by atoms with E-state index in [2.05, 4.69) is 17.3 Å². The van der Waals surface area contributed by atoms with Crippen molar-refractivity contribution in [3.8, 4) is 0 Å². The molecule has 1 atom stereocenters. The van der Waals surface area contributed by atoms with Gasteiger partial charge in [0.05, 0.1) is 12.7 Å². The summed E-state index contributed by atoms with van der Waals surface area (Å²) in [6.07, 6.45) is 0.190. The molecule has 1 fully saturated rings. The number of hydrogen-bond acceptors (Lipinski definition) is 5. The minimum absolute atomic E-state index is 0.190. The van der Waals surface area contributed by atoms with E-state index in [0.717, 1.165) is 31.8 Å². The highest BCUT2D eigenvalue weighted by atomic mass is 32.1. The number of ether oxygens (including phenoxy) is 1. The van der Waals surface area contributed by atoms with Crippen LogP contribution in [0.15, 0.2) is 11.4 Å². The Bertz CT molecular complexity index is 408. The molecule has 0 amide bonds. The predicted molar refractivity (Wildman–Crippen MR) is 70.2 cm³/mol. The largest absolute Gasteiger partial charge is 0.477 e. The average molecular weight is 270 g/mol. The van der Waals surface area contributed by atoms with Gasteiger partial charge in [-0.15, -0.1) is 11.3 Å². The van der Waals surface area contributed by atoms with Crippen LogP contribution in [0.4, 0.5) is 0 Å². The van der Waals surface area contributed by atoms with Crippen molar-refractivity contribution in [1.82, 2.24) is 10.2 Å². The summed E-state index contributed by atoms with van der Waals surface area (Å²) in [5.74, 6) is -0.851. The maximum absolute atomic E-state index is 10.9. The van der Waals surface area contributed by atoms with Crippen LogP contribution in [-0.4, -0.2) is 55.4 Å². The molecule has 1 aliphatic heterocycles. The Balaban J connectivity index is 1.78. The maximum atomic E-state index is 10.9. The fraction of sp³-hybridized carbons (Fsp3) is 0.583. The lowest BCUT2D eigenvalue weighted by molar-refractivity contribution is -0.0182. The van der Waals surface area contributed by atoms with Gasteiger partial charge in [-0.2, -0.15) is 0 Å². The van der Waals surface area contributed by atoms with Crippen molar-refractivity contribution < 1.29 is 14.6 Å². The number of carboxylic acids is 1. The first-order valence-corrected chi connectivity index (χ1v) is 6.85. The van der Waals surface area contributed by atoms with Crippen LogP contribution in [0.25, 0.3) is 0 Å². The van der Waals surface area contributed by atoms with E-state index in [9.17, 15) is 4.79 Å². The quantitative estimate of drug-likeness (QED) is 0.831. The van der Waals surface area contributed by atoms with Crippen molar-refractivity contribution in [2.75, 3.05) is 33.3 Å². The van der Waals surface area contributed by atoms with E-state index >= 15 is 0 Å². The average Bonchev–Trinajstić information content (AvgIpc) is 2.77. The van der Waals surface area contributed by atoms with Crippen LogP contribution in [-0.2, 0) is 11.3 Å². The molecule has 1 unspecified atom stereocenters. The summed E-state index contributed by atoms with van der Waals surface area (Å²) in [5.41, 5.74) is 0.844. The molecule has 0 saturated carbocycles. The molecule has 1 aromatic rings. The first-order valence-electron chi connectivity index (χ1n) is 5.97. The molecule has 1 aliphatic rings. The minimum Gasteiger partial charge on any atom is -0.477 e. The van der Waals surface area contributed by atoms with E-state index in [1.54, 1.807) is 0 Å². The van der Waals surface area contributed by atoms with Gasteiger partial charge < -0.3 is 20.1 Å². The van der Waals surface area contributed by atoms with Crippen LogP contribution in [0.5, 0.6) is 0 Å². The number of carbonyl (C=O) groups is 1. The van der Waals surface area contributed by atoms with Gasteiger partial charge in [0.25, 0.3) is 0 Å². The van der Waals surface area contributed by atoms with Gasteiger partial charge in [-0.3, -0.25) is 0 Å². The molecule has 2 rings (SSSR count). The number of carboxylic acid groups (broad SMARTS) is 1. The third-order valence-electron chi connectivity index (χ3n) is 2.97. The fourth-order valence-corrected chi connectivity index (χ4v) is 2.78. The molecule has 0 aromatic carbocycles. The number of nitrogens with zero attached hydrogens (tertiary/aromatic N) is 1. The van der Waals surface area contributed by atoms with Crippen LogP contribution in [0, 0.1) is 0 Å². The first-order chi connectivity index (χ1) is 8.66. The molecular formula is C12H18N2O3S. The number of likely N-dealkylation sites (N-methyl/N-ethyl adjacent to an activating group) is 1. The highest BCUT2D eigenvalue weighted by molar-refractivity contribution is 7.12. The number of thiophene rings is 1. The summed E-state index contributed by atoms with van der Waals surface area (Å²) in [7, 11) is 2.08. The normalized spacial score (nSPS) is 21.1. The Morgan fingerprint density at radius 2 is 2.56 bits per heavy atom. The summed E-state index contributed by atoms with van der Waals surface area (Å²) in [6, 6.07) is 1.86. The zero-order valence-electron chi connectivity index (χ0n) is 10.4. The van der Waals surface area contributed by atoms with E-state index < -0.39 is 5.97 Å². The molecule has 2 heterocycles. The Morgan fingerprint density at radius 3 is 3.28 bits per heavy atom. The maximum Gasteiger partial charge on any atom is 0.346 e. The second kappa shape index (κ2) is 6.29. The van der Waals surface area contributed by atoms with Crippen molar-refractivity contribution in [1.29, 1.82) is 0 Å². The first kappa shape index (κ1) is 13.5. The molecule has 18 heavy (non-hydrogen) atoms. The molecule has 6 heteroatoms. The van der Waals surface area contributed by atoms with Crippen LogP contribution in [0.1, 0.15) is 15.2 Å². The van der Waals surface area contributed by atoms with Crippen LogP contribution < -0.4 is 5.32 Å². The van der Waals surface area contributed by atoms with Crippen molar-refractivity contribution in [2.24, 2.45) is 0 Å². The topological polar surface area (TPSA) is 61.8 Å². The number of rotatable bonds is 5. The third kappa shape index (κ3) is 3.52. The molecule has 0 aliphatic carbocycles. The molecule has 0 bridgehead atoms. The smallest absolute Gasteiger partial charge is 0.346 e.